The third-order valence-corrected chi connectivity index (χ3v) is 8.94. The second-order valence-electron chi connectivity index (χ2n) is 7.65. The summed E-state index contributed by atoms with van der Waals surface area (Å²) in [5.41, 5.74) is 2.17. The van der Waals surface area contributed by atoms with E-state index in [2.05, 4.69) is 37.2 Å². The van der Waals surface area contributed by atoms with Crippen LogP contribution in [-0.2, 0) is 9.59 Å². The van der Waals surface area contributed by atoms with E-state index in [1.807, 2.05) is 6.92 Å². The number of anilines is 2. The van der Waals surface area contributed by atoms with E-state index in [1.165, 1.54) is 4.90 Å². The van der Waals surface area contributed by atoms with Gasteiger partial charge in [0, 0.05) is 25.9 Å². The molecule has 0 bridgehead atoms. The van der Waals surface area contributed by atoms with Gasteiger partial charge in [-0.15, -0.1) is 0 Å². The molecule has 1 saturated carbocycles. The number of hydrogen-bond donors (Lipinski definition) is 1. The van der Waals surface area contributed by atoms with Crippen molar-refractivity contribution in [3.63, 3.8) is 0 Å². The number of amides is 3. The molecule has 1 saturated heterocycles. The first-order valence-corrected chi connectivity index (χ1v) is 11.8. The highest BCUT2D eigenvalue weighted by molar-refractivity contribution is 9.12. The van der Waals surface area contributed by atoms with Gasteiger partial charge in [-0.1, -0.05) is 55.6 Å². The number of hydrogen-bond acceptors (Lipinski definition) is 3. The first-order valence-electron chi connectivity index (χ1n) is 9.60. The summed E-state index contributed by atoms with van der Waals surface area (Å²) >= 11 is 13.3. The molecule has 2 aromatic carbocycles. The minimum absolute atomic E-state index is 0.147. The van der Waals surface area contributed by atoms with E-state index in [9.17, 15) is 14.4 Å². The van der Waals surface area contributed by atoms with Gasteiger partial charge < -0.3 is 5.32 Å². The van der Waals surface area contributed by atoms with Gasteiger partial charge in [0.1, 0.15) is 0 Å². The number of halogens is 3. The summed E-state index contributed by atoms with van der Waals surface area (Å²) in [5, 5.41) is 3.41. The minimum atomic E-state index is -0.334. The van der Waals surface area contributed by atoms with Gasteiger partial charge in [-0.05, 0) is 55.7 Å². The predicted octanol–water partition coefficient (Wildman–Crippen LogP) is 5.33. The Bertz CT molecular complexity index is 1020. The van der Waals surface area contributed by atoms with E-state index in [0.29, 0.717) is 34.8 Å². The van der Waals surface area contributed by atoms with E-state index in [1.54, 1.807) is 42.5 Å². The van der Waals surface area contributed by atoms with Gasteiger partial charge >= 0.3 is 0 Å². The Labute approximate surface area is 196 Å². The zero-order valence-corrected chi connectivity index (χ0v) is 20.0. The molecule has 5 nitrogen and oxygen atoms in total. The van der Waals surface area contributed by atoms with Crippen LogP contribution in [0.15, 0.2) is 42.5 Å². The van der Waals surface area contributed by atoms with Crippen LogP contribution in [0.2, 0.25) is 5.02 Å². The monoisotopic (exact) mass is 552 g/mol. The highest BCUT2D eigenvalue weighted by atomic mass is 79.9. The number of imide groups is 1. The first-order chi connectivity index (χ1) is 14.3. The molecule has 0 aromatic heterocycles. The lowest BCUT2D eigenvalue weighted by molar-refractivity contribution is -0.122. The van der Waals surface area contributed by atoms with Crippen molar-refractivity contribution in [3.8, 4) is 0 Å². The second kappa shape index (κ2) is 8.44. The summed E-state index contributed by atoms with van der Waals surface area (Å²) in [4.78, 5) is 40.3. The lowest BCUT2D eigenvalue weighted by Gasteiger charge is -2.29. The number of nitrogens with zero attached hydrogens (tertiary/aromatic N) is 1. The number of carbonyl (C=O) groups excluding carboxylic acids is 3. The largest absolute Gasteiger partial charge is 0.322 e. The second-order valence-corrected chi connectivity index (χ2v) is 10.4. The van der Waals surface area contributed by atoms with Crippen LogP contribution in [0.4, 0.5) is 11.4 Å². The fourth-order valence-corrected chi connectivity index (χ4v) is 5.48. The van der Waals surface area contributed by atoms with E-state index < -0.39 is 0 Å². The van der Waals surface area contributed by atoms with Crippen LogP contribution in [0.3, 0.4) is 0 Å². The van der Waals surface area contributed by atoms with Crippen LogP contribution in [0.1, 0.15) is 28.8 Å². The molecule has 1 aliphatic carbocycles. The maximum Gasteiger partial charge on any atom is 0.255 e. The number of carbonyl (C=O) groups is 3. The molecule has 4 atom stereocenters. The molecule has 0 radical (unpaired) electrons. The van der Waals surface area contributed by atoms with Gasteiger partial charge in [0.25, 0.3) is 5.91 Å². The molecule has 2 aromatic rings. The summed E-state index contributed by atoms with van der Waals surface area (Å²) in [6.45, 7) is 1.83. The average molecular weight is 555 g/mol. The number of rotatable bonds is 3. The molecule has 1 aliphatic heterocycles. The molecule has 8 heteroatoms. The highest BCUT2D eigenvalue weighted by Crippen LogP contribution is 2.44. The maximum absolute atomic E-state index is 13.0. The summed E-state index contributed by atoms with van der Waals surface area (Å²) in [6.07, 6.45) is 1.21. The predicted molar refractivity (Wildman–Crippen MR) is 125 cm³/mol. The zero-order chi connectivity index (χ0) is 21.6. The first kappa shape index (κ1) is 21.5. The van der Waals surface area contributed by atoms with Crippen LogP contribution in [-0.4, -0.2) is 27.4 Å². The van der Waals surface area contributed by atoms with E-state index in [4.69, 9.17) is 11.6 Å². The smallest absolute Gasteiger partial charge is 0.255 e. The number of benzene rings is 2. The van der Waals surface area contributed by atoms with Gasteiger partial charge in [-0.2, -0.15) is 0 Å². The molecule has 1 N–H and O–H groups in total. The van der Waals surface area contributed by atoms with Gasteiger partial charge in [-0.25, -0.2) is 0 Å². The molecule has 4 rings (SSSR count). The molecular formula is C22H19Br2ClN2O3. The standard InChI is InChI=1S/C22H19Br2ClN2O3/c1-11-18(25)6-3-7-19(11)26-20(28)12-4-2-5-13(8-12)27-21(29)14-9-16(23)17(24)10-15(14)22(27)30/h2-8,14-17H,9-10H2,1H3,(H,26,28)/t14-,15-,16+,17+/m1/s1. The fraction of sp³-hybridized carbons (Fsp3) is 0.318. The molecule has 2 fully saturated rings. The van der Waals surface area contributed by atoms with Crippen molar-refractivity contribution < 1.29 is 14.4 Å². The third kappa shape index (κ3) is 3.83. The van der Waals surface area contributed by atoms with Gasteiger partial charge in [0.15, 0.2) is 0 Å². The lowest BCUT2D eigenvalue weighted by atomic mass is 9.81. The number of fused-ring (bicyclic) bond motifs is 1. The molecular weight excluding hydrogens is 536 g/mol. The Morgan fingerprint density at radius 1 is 1.03 bits per heavy atom. The van der Waals surface area contributed by atoms with Gasteiger partial charge in [-0.3, -0.25) is 19.3 Å². The van der Waals surface area contributed by atoms with Crippen molar-refractivity contribution in [2.75, 3.05) is 10.2 Å². The van der Waals surface area contributed by atoms with Crippen LogP contribution < -0.4 is 10.2 Å². The van der Waals surface area contributed by atoms with Crippen molar-refractivity contribution in [2.24, 2.45) is 11.8 Å². The molecule has 156 valence electrons. The van der Waals surface area contributed by atoms with Crippen LogP contribution in [0.5, 0.6) is 0 Å². The van der Waals surface area contributed by atoms with Gasteiger partial charge in [0.05, 0.1) is 17.5 Å². The Kier molecular flexibility index (Phi) is 6.06. The van der Waals surface area contributed by atoms with Crippen LogP contribution in [0, 0.1) is 18.8 Å². The zero-order valence-electron chi connectivity index (χ0n) is 16.1. The summed E-state index contributed by atoms with van der Waals surface area (Å²) in [6, 6.07) is 11.9. The topological polar surface area (TPSA) is 66.5 Å². The minimum Gasteiger partial charge on any atom is -0.322 e. The molecule has 1 heterocycles. The van der Waals surface area contributed by atoms with Crippen molar-refractivity contribution >= 4 is 72.6 Å². The van der Waals surface area contributed by atoms with Crippen molar-refractivity contribution in [1.29, 1.82) is 0 Å². The molecule has 0 unspecified atom stereocenters. The summed E-state index contributed by atoms with van der Waals surface area (Å²) in [7, 11) is 0. The lowest BCUT2D eigenvalue weighted by Crippen LogP contribution is -2.34. The van der Waals surface area contributed by atoms with Gasteiger partial charge in [0.2, 0.25) is 11.8 Å². The van der Waals surface area contributed by atoms with Crippen molar-refractivity contribution in [3.05, 3.63) is 58.6 Å². The van der Waals surface area contributed by atoms with Crippen molar-refractivity contribution in [2.45, 2.75) is 29.4 Å². The Morgan fingerprint density at radius 3 is 2.27 bits per heavy atom. The molecule has 2 aliphatic rings. The van der Waals surface area contributed by atoms with Crippen LogP contribution in [0.25, 0.3) is 0 Å². The third-order valence-electron chi connectivity index (χ3n) is 5.79. The Morgan fingerprint density at radius 2 is 1.63 bits per heavy atom. The highest BCUT2D eigenvalue weighted by Gasteiger charge is 2.52. The van der Waals surface area contributed by atoms with E-state index >= 15 is 0 Å². The fourth-order valence-electron chi connectivity index (χ4n) is 4.07. The van der Waals surface area contributed by atoms with E-state index in [0.717, 1.165) is 5.56 Å². The van der Waals surface area contributed by atoms with Crippen LogP contribution >= 0.6 is 43.5 Å². The molecule has 3 amide bonds. The normalized spacial score (nSPS) is 25.9. The van der Waals surface area contributed by atoms with Crippen molar-refractivity contribution in [1.82, 2.24) is 0 Å². The Balaban J connectivity index is 1.59. The summed E-state index contributed by atoms with van der Waals surface area (Å²) < 4.78 is 0. The maximum atomic E-state index is 13.0. The number of alkyl halides is 2. The SMILES string of the molecule is Cc1c(Cl)cccc1NC(=O)c1cccc(N2C(=O)[C@@H]3C[C@H](Br)[C@@H](Br)C[C@H]3C2=O)c1. The molecule has 30 heavy (non-hydrogen) atoms. The van der Waals surface area contributed by atoms with E-state index in [-0.39, 0.29) is 39.2 Å². The quantitative estimate of drug-likeness (QED) is 0.412. The average Bonchev–Trinajstić information content (AvgIpc) is 2.95. The molecule has 0 spiro atoms. The Hall–Kier alpha value is -1.70. The number of nitrogens with one attached hydrogen (secondary N) is 1. The summed E-state index contributed by atoms with van der Waals surface area (Å²) in [5.74, 6) is -1.39.